The molecule has 6 nitrogen and oxygen atoms in total. The van der Waals surface area contributed by atoms with Gasteiger partial charge >= 0.3 is 5.97 Å². The summed E-state index contributed by atoms with van der Waals surface area (Å²) in [5, 5.41) is 9.19. The van der Waals surface area contributed by atoms with Crippen molar-refractivity contribution < 1.29 is 19.4 Å². The van der Waals surface area contributed by atoms with Gasteiger partial charge in [0.05, 0.1) is 12.7 Å². The van der Waals surface area contributed by atoms with Crippen LogP contribution in [0.4, 0.5) is 0 Å². The summed E-state index contributed by atoms with van der Waals surface area (Å²) in [6.07, 6.45) is 1.38. The van der Waals surface area contributed by atoms with Crippen LogP contribution in [-0.2, 0) is 4.79 Å². The normalized spacial score (nSPS) is 10.9. The number of amides is 1. The third-order valence-corrected chi connectivity index (χ3v) is 2.95. The van der Waals surface area contributed by atoms with Gasteiger partial charge in [0.2, 0.25) is 5.88 Å². The maximum Gasteiger partial charge on any atom is 0.329 e. The molecule has 0 atom stereocenters. The monoisotopic (exact) mass is 266 g/mol. The van der Waals surface area contributed by atoms with Crippen LogP contribution in [0.5, 0.6) is 5.88 Å². The summed E-state index contributed by atoms with van der Waals surface area (Å²) in [5.74, 6) is -1.02. The molecule has 0 radical (unpaired) electrons. The van der Waals surface area contributed by atoms with Crippen LogP contribution in [0.3, 0.4) is 0 Å². The minimum absolute atomic E-state index is 0.296. The first-order valence-corrected chi connectivity index (χ1v) is 5.90. The zero-order chi connectivity index (χ0) is 14.6. The molecule has 1 aromatic heterocycles. The third kappa shape index (κ3) is 3.01. The van der Waals surface area contributed by atoms with Crippen LogP contribution in [0.1, 0.15) is 31.1 Å². The van der Waals surface area contributed by atoms with Crippen molar-refractivity contribution in [1.82, 2.24) is 9.88 Å². The Morgan fingerprint density at radius 1 is 1.42 bits per heavy atom. The molecule has 104 valence electrons. The fourth-order valence-electron chi connectivity index (χ4n) is 1.69. The second-order valence-corrected chi connectivity index (χ2v) is 4.50. The van der Waals surface area contributed by atoms with Crippen LogP contribution in [0.15, 0.2) is 18.3 Å². The van der Waals surface area contributed by atoms with Gasteiger partial charge in [0.15, 0.2) is 0 Å². The fraction of sp³-hybridized carbons (Fsp3) is 0.462. The van der Waals surface area contributed by atoms with E-state index in [-0.39, 0.29) is 5.91 Å². The number of carbonyl (C=O) groups excluding carboxylic acids is 1. The maximum atomic E-state index is 12.3. The molecule has 19 heavy (non-hydrogen) atoms. The Morgan fingerprint density at radius 2 is 2.05 bits per heavy atom. The number of carbonyl (C=O) groups is 2. The smallest absolute Gasteiger partial charge is 0.329 e. The molecule has 0 spiro atoms. The highest BCUT2D eigenvalue weighted by molar-refractivity contribution is 5.97. The van der Waals surface area contributed by atoms with Crippen LogP contribution in [0, 0.1) is 0 Å². The highest BCUT2D eigenvalue weighted by atomic mass is 16.5. The van der Waals surface area contributed by atoms with Crippen molar-refractivity contribution in [1.29, 1.82) is 0 Å². The average Bonchev–Trinajstić information content (AvgIpc) is 2.39. The number of aliphatic carboxylic acids is 1. The van der Waals surface area contributed by atoms with Crippen molar-refractivity contribution in [2.75, 3.05) is 13.7 Å². The molecule has 0 fully saturated rings. The topological polar surface area (TPSA) is 79.7 Å². The van der Waals surface area contributed by atoms with Gasteiger partial charge in [-0.2, -0.15) is 0 Å². The summed E-state index contributed by atoms with van der Waals surface area (Å²) in [5.41, 5.74) is -0.942. The summed E-state index contributed by atoms with van der Waals surface area (Å²) < 4.78 is 4.91. The van der Waals surface area contributed by atoms with Gasteiger partial charge in [0.25, 0.3) is 5.91 Å². The van der Waals surface area contributed by atoms with E-state index in [2.05, 4.69) is 4.98 Å². The van der Waals surface area contributed by atoms with Crippen LogP contribution in [0.2, 0.25) is 0 Å². The Morgan fingerprint density at radius 3 is 2.42 bits per heavy atom. The van der Waals surface area contributed by atoms with Gasteiger partial charge in [-0.25, -0.2) is 9.78 Å². The highest BCUT2D eigenvalue weighted by Crippen LogP contribution is 2.18. The number of aromatic nitrogens is 1. The molecule has 1 heterocycles. The molecule has 1 amide bonds. The fourth-order valence-corrected chi connectivity index (χ4v) is 1.69. The molecular weight excluding hydrogens is 248 g/mol. The lowest BCUT2D eigenvalue weighted by molar-refractivity contribution is -0.147. The maximum absolute atomic E-state index is 12.3. The van der Waals surface area contributed by atoms with Crippen LogP contribution in [0.25, 0.3) is 0 Å². The van der Waals surface area contributed by atoms with E-state index in [0.29, 0.717) is 18.0 Å². The Balaban J connectivity index is 3.04. The summed E-state index contributed by atoms with van der Waals surface area (Å²) in [4.78, 5) is 28.8. The zero-order valence-corrected chi connectivity index (χ0v) is 11.5. The van der Waals surface area contributed by atoms with E-state index in [1.807, 2.05) is 0 Å². The number of carboxylic acid groups (broad SMARTS) is 1. The molecule has 0 bridgehead atoms. The Hall–Kier alpha value is -2.11. The second-order valence-electron chi connectivity index (χ2n) is 4.50. The Labute approximate surface area is 112 Å². The number of hydrogen-bond acceptors (Lipinski definition) is 4. The lowest BCUT2D eigenvalue weighted by Gasteiger charge is -2.34. The molecule has 0 saturated carbocycles. The van der Waals surface area contributed by atoms with Crippen molar-refractivity contribution in [2.45, 2.75) is 26.3 Å². The van der Waals surface area contributed by atoms with Gasteiger partial charge in [0, 0.05) is 18.8 Å². The first kappa shape index (κ1) is 14.9. The van der Waals surface area contributed by atoms with Crippen LogP contribution in [-0.4, -0.2) is 46.1 Å². The first-order valence-electron chi connectivity index (χ1n) is 5.90. The number of hydrogen-bond donors (Lipinski definition) is 1. The number of ether oxygens (including phenoxy) is 1. The number of rotatable bonds is 5. The predicted molar refractivity (Wildman–Crippen MR) is 69.2 cm³/mol. The first-order chi connectivity index (χ1) is 8.84. The molecule has 0 aliphatic rings. The van der Waals surface area contributed by atoms with Gasteiger partial charge in [-0.05, 0) is 26.8 Å². The minimum atomic E-state index is -1.27. The van der Waals surface area contributed by atoms with E-state index in [9.17, 15) is 14.7 Å². The summed E-state index contributed by atoms with van der Waals surface area (Å²) in [6.45, 7) is 5.02. The largest absolute Gasteiger partial charge is 0.481 e. The van der Waals surface area contributed by atoms with E-state index < -0.39 is 11.5 Å². The van der Waals surface area contributed by atoms with E-state index in [4.69, 9.17) is 4.74 Å². The summed E-state index contributed by atoms with van der Waals surface area (Å²) in [6, 6.07) is 3.13. The molecular formula is C13H18N2O4. The van der Waals surface area contributed by atoms with Crippen molar-refractivity contribution in [2.24, 2.45) is 0 Å². The quantitative estimate of drug-likeness (QED) is 0.871. The molecule has 1 N–H and O–H groups in total. The minimum Gasteiger partial charge on any atom is -0.481 e. The molecule has 0 aliphatic carbocycles. The summed E-state index contributed by atoms with van der Waals surface area (Å²) in [7, 11) is 1.48. The molecule has 0 saturated heterocycles. The zero-order valence-electron chi connectivity index (χ0n) is 11.5. The van der Waals surface area contributed by atoms with Crippen LogP contribution >= 0.6 is 0 Å². The SMILES string of the molecule is CCN(C(=O)c1ccc(OC)nc1)C(C)(C)C(=O)O. The molecule has 1 rings (SSSR count). The third-order valence-electron chi connectivity index (χ3n) is 2.95. The van der Waals surface area contributed by atoms with Gasteiger partial charge < -0.3 is 14.7 Å². The van der Waals surface area contributed by atoms with Crippen molar-refractivity contribution in [3.05, 3.63) is 23.9 Å². The molecule has 0 unspecified atom stereocenters. The molecule has 0 aliphatic heterocycles. The van der Waals surface area contributed by atoms with Crippen molar-refractivity contribution in [3.8, 4) is 5.88 Å². The Kier molecular flexibility index (Phi) is 4.47. The van der Waals surface area contributed by atoms with Crippen LogP contribution < -0.4 is 4.74 Å². The van der Waals surface area contributed by atoms with E-state index >= 15 is 0 Å². The van der Waals surface area contributed by atoms with E-state index in [1.54, 1.807) is 19.1 Å². The number of carboxylic acids is 1. The molecule has 1 aromatic rings. The van der Waals surface area contributed by atoms with Gasteiger partial charge in [0.1, 0.15) is 5.54 Å². The number of likely N-dealkylation sites (N-methyl/N-ethyl adjacent to an activating group) is 1. The van der Waals surface area contributed by atoms with Crippen molar-refractivity contribution >= 4 is 11.9 Å². The second kappa shape index (κ2) is 5.69. The Bertz CT molecular complexity index is 468. The van der Waals surface area contributed by atoms with E-state index in [1.165, 1.54) is 32.1 Å². The van der Waals surface area contributed by atoms with E-state index in [0.717, 1.165) is 0 Å². The summed E-state index contributed by atoms with van der Waals surface area (Å²) >= 11 is 0. The lowest BCUT2D eigenvalue weighted by Crippen LogP contribution is -2.52. The van der Waals surface area contributed by atoms with Gasteiger partial charge in [-0.3, -0.25) is 4.79 Å². The molecule has 0 aromatic carbocycles. The lowest BCUT2D eigenvalue weighted by atomic mass is 10.0. The highest BCUT2D eigenvalue weighted by Gasteiger charge is 2.37. The van der Waals surface area contributed by atoms with Crippen molar-refractivity contribution in [3.63, 3.8) is 0 Å². The van der Waals surface area contributed by atoms with Gasteiger partial charge in [-0.15, -0.1) is 0 Å². The molecule has 6 heteroatoms. The average molecular weight is 266 g/mol. The van der Waals surface area contributed by atoms with Gasteiger partial charge in [-0.1, -0.05) is 0 Å². The number of methoxy groups -OCH3 is 1. The predicted octanol–water partition coefficient (Wildman–Crippen LogP) is 1.42. The standard InChI is InChI=1S/C13H18N2O4/c1-5-15(13(2,3)12(17)18)11(16)9-6-7-10(19-4)14-8-9/h6-8H,5H2,1-4H3,(H,17,18). The number of pyridine rings is 1. The number of nitrogens with zero attached hydrogens (tertiary/aromatic N) is 2.